The number of ether oxygens (including phenoxy) is 1. The molecular formula is C23H21F3N6O3. The predicted molar refractivity (Wildman–Crippen MR) is 120 cm³/mol. The van der Waals surface area contributed by atoms with Crippen LogP contribution in [-0.2, 0) is 11.0 Å². The van der Waals surface area contributed by atoms with Crippen LogP contribution in [0.25, 0.3) is 0 Å². The van der Waals surface area contributed by atoms with E-state index in [0.717, 1.165) is 6.07 Å². The number of nitrogens with zero attached hydrogens (tertiary/aromatic N) is 4. The van der Waals surface area contributed by atoms with E-state index in [1.165, 1.54) is 55.1 Å². The van der Waals surface area contributed by atoms with E-state index < -0.39 is 29.3 Å². The van der Waals surface area contributed by atoms with Gasteiger partial charge in [0.15, 0.2) is 5.75 Å². The molecule has 1 aliphatic rings. The lowest BCUT2D eigenvalue weighted by molar-refractivity contribution is -0.137. The monoisotopic (exact) mass is 486 g/mol. The molecule has 1 aliphatic carbocycles. The van der Waals surface area contributed by atoms with Crippen molar-refractivity contribution in [2.45, 2.75) is 31.5 Å². The van der Waals surface area contributed by atoms with Gasteiger partial charge in [0.25, 0.3) is 5.91 Å². The molecule has 2 aromatic heterocycles. The third kappa shape index (κ3) is 5.31. The Kier molecular flexibility index (Phi) is 6.29. The summed E-state index contributed by atoms with van der Waals surface area (Å²) in [6.45, 7) is 1.57. The molecule has 35 heavy (non-hydrogen) atoms. The van der Waals surface area contributed by atoms with Crippen LogP contribution in [0.2, 0.25) is 0 Å². The fourth-order valence-electron chi connectivity index (χ4n) is 3.48. The van der Waals surface area contributed by atoms with Gasteiger partial charge in [0.05, 0.1) is 35.5 Å². The first kappa shape index (κ1) is 23.9. The van der Waals surface area contributed by atoms with E-state index in [9.17, 15) is 22.8 Å². The Morgan fingerprint density at radius 2 is 1.80 bits per heavy atom. The van der Waals surface area contributed by atoms with Gasteiger partial charge in [-0.3, -0.25) is 9.69 Å². The van der Waals surface area contributed by atoms with Crippen molar-refractivity contribution >= 4 is 29.2 Å². The number of para-hydroxylation sites is 1. The summed E-state index contributed by atoms with van der Waals surface area (Å²) >= 11 is 0. The molecule has 4 rings (SSSR count). The number of halogens is 3. The first-order valence-corrected chi connectivity index (χ1v) is 10.5. The third-order valence-corrected chi connectivity index (χ3v) is 5.49. The maximum Gasteiger partial charge on any atom is 0.418 e. The number of benzene rings is 1. The summed E-state index contributed by atoms with van der Waals surface area (Å²) in [5, 5.41) is 5.35. The molecule has 1 aromatic carbocycles. The Hall–Kier alpha value is -4.22. The number of hydrogen-bond donors (Lipinski definition) is 2. The second-order valence-electron chi connectivity index (χ2n) is 8.06. The van der Waals surface area contributed by atoms with Gasteiger partial charge in [0, 0.05) is 7.05 Å². The van der Waals surface area contributed by atoms with Gasteiger partial charge >= 0.3 is 12.3 Å². The number of hydrogen-bond acceptors (Lipinski definition) is 7. The van der Waals surface area contributed by atoms with E-state index in [0.29, 0.717) is 24.1 Å². The number of rotatable bonds is 6. The van der Waals surface area contributed by atoms with Gasteiger partial charge in [-0.1, -0.05) is 12.1 Å². The first-order valence-electron chi connectivity index (χ1n) is 10.5. The summed E-state index contributed by atoms with van der Waals surface area (Å²) in [6.07, 6.45) is 0.757. The van der Waals surface area contributed by atoms with Crippen LogP contribution in [0.4, 0.5) is 35.2 Å². The van der Waals surface area contributed by atoms with Crippen LogP contribution in [0.3, 0.4) is 0 Å². The highest BCUT2D eigenvalue weighted by Gasteiger charge is 2.53. The molecular weight excluding hydrogens is 465 g/mol. The molecule has 0 radical (unpaired) electrons. The second kappa shape index (κ2) is 9.20. The zero-order valence-electron chi connectivity index (χ0n) is 18.8. The molecule has 2 heterocycles. The third-order valence-electron chi connectivity index (χ3n) is 5.49. The van der Waals surface area contributed by atoms with E-state index >= 15 is 0 Å². The molecule has 2 N–H and O–H groups in total. The number of likely N-dealkylation sites (N-methyl/N-ethyl adjacent to an activating group) is 1. The number of aryl methyl sites for hydroxylation is 1. The Balaban J connectivity index is 1.43. The van der Waals surface area contributed by atoms with Crippen LogP contribution < -0.4 is 20.3 Å². The zero-order valence-corrected chi connectivity index (χ0v) is 18.8. The highest BCUT2D eigenvalue weighted by atomic mass is 19.4. The van der Waals surface area contributed by atoms with Gasteiger partial charge in [-0.15, -0.1) is 0 Å². The molecule has 0 saturated heterocycles. The van der Waals surface area contributed by atoms with Crippen molar-refractivity contribution in [1.82, 2.24) is 20.3 Å². The average Bonchev–Trinajstić information content (AvgIpc) is 3.60. The van der Waals surface area contributed by atoms with Crippen molar-refractivity contribution in [2.75, 3.05) is 17.3 Å². The van der Waals surface area contributed by atoms with Gasteiger partial charge in [-0.05, 0) is 43.5 Å². The molecule has 0 unspecified atom stereocenters. The molecule has 0 atom stereocenters. The van der Waals surface area contributed by atoms with Crippen molar-refractivity contribution in [3.05, 3.63) is 66.4 Å². The quantitative estimate of drug-likeness (QED) is 0.537. The Labute approximate surface area is 198 Å². The lowest BCUT2D eigenvalue weighted by Gasteiger charge is -2.23. The van der Waals surface area contributed by atoms with Gasteiger partial charge < -0.3 is 15.4 Å². The topological polar surface area (TPSA) is 109 Å². The summed E-state index contributed by atoms with van der Waals surface area (Å²) in [4.78, 5) is 38.2. The summed E-state index contributed by atoms with van der Waals surface area (Å²) in [5.41, 5.74) is -1.23. The molecule has 0 bridgehead atoms. The Morgan fingerprint density at radius 1 is 1.09 bits per heavy atom. The standard InChI is InChI=1S/C23H21F3N6O3/c1-14-4-3-5-17(23(24,25)26)19(14)30-15-6-7-18(29-10-15)32(2)20(33)22(8-9-22)31-21(34)35-16-11-27-13-28-12-16/h3-7,10-13,30H,8-9H2,1-2H3,(H,31,34). The lowest BCUT2D eigenvalue weighted by atomic mass is 10.1. The number of pyridine rings is 1. The van der Waals surface area contributed by atoms with Crippen LogP contribution >= 0.6 is 0 Å². The molecule has 0 aliphatic heterocycles. The SMILES string of the molecule is Cc1cccc(C(F)(F)F)c1Nc1ccc(N(C)C(=O)C2(NC(=O)Oc3cncnc3)CC2)nc1. The molecule has 2 amide bonds. The number of alkyl halides is 3. The second-order valence-corrected chi connectivity index (χ2v) is 8.06. The van der Waals surface area contributed by atoms with Crippen LogP contribution in [0.5, 0.6) is 5.75 Å². The summed E-state index contributed by atoms with van der Waals surface area (Å²) in [7, 11) is 1.50. The molecule has 0 spiro atoms. The minimum Gasteiger partial charge on any atom is -0.407 e. The summed E-state index contributed by atoms with van der Waals surface area (Å²) in [5.74, 6) is -0.00166. The molecule has 12 heteroatoms. The maximum absolute atomic E-state index is 13.4. The minimum absolute atomic E-state index is 0.0672. The first-order chi connectivity index (χ1) is 16.6. The average molecular weight is 486 g/mol. The predicted octanol–water partition coefficient (Wildman–Crippen LogP) is 4.23. The molecule has 1 fully saturated rings. The number of aromatic nitrogens is 3. The number of carbonyl (C=O) groups is 2. The Bertz CT molecular complexity index is 1230. The largest absolute Gasteiger partial charge is 0.418 e. The zero-order chi connectivity index (χ0) is 25.2. The van der Waals surface area contributed by atoms with Crippen LogP contribution in [0.1, 0.15) is 24.0 Å². The summed E-state index contributed by atoms with van der Waals surface area (Å²) < 4.78 is 45.2. The summed E-state index contributed by atoms with van der Waals surface area (Å²) in [6, 6.07) is 6.94. The molecule has 1 saturated carbocycles. The van der Waals surface area contributed by atoms with Gasteiger partial charge in [0.2, 0.25) is 0 Å². The van der Waals surface area contributed by atoms with Crippen molar-refractivity contribution in [3.8, 4) is 5.75 Å². The van der Waals surface area contributed by atoms with Crippen molar-refractivity contribution in [2.24, 2.45) is 0 Å². The van der Waals surface area contributed by atoms with Gasteiger partial charge in [0.1, 0.15) is 17.7 Å². The molecule has 182 valence electrons. The number of nitrogens with one attached hydrogen (secondary N) is 2. The van der Waals surface area contributed by atoms with Gasteiger partial charge in [-0.25, -0.2) is 19.7 Å². The Morgan fingerprint density at radius 3 is 2.40 bits per heavy atom. The fraction of sp³-hybridized carbons (Fsp3) is 0.261. The van der Waals surface area contributed by atoms with Crippen molar-refractivity contribution in [1.29, 1.82) is 0 Å². The van der Waals surface area contributed by atoms with E-state index in [2.05, 4.69) is 25.6 Å². The molecule has 3 aromatic rings. The van der Waals surface area contributed by atoms with Crippen molar-refractivity contribution in [3.63, 3.8) is 0 Å². The smallest absolute Gasteiger partial charge is 0.407 e. The van der Waals surface area contributed by atoms with Crippen molar-refractivity contribution < 1.29 is 27.5 Å². The van der Waals surface area contributed by atoms with E-state index in [1.54, 1.807) is 13.0 Å². The fourth-order valence-corrected chi connectivity index (χ4v) is 3.48. The van der Waals surface area contributed by atoms with Crippen LogP contribution in [0, 0.1) is 6.92 Å². The normalized spacial score (nSPS) is 14.1. The minimum atomic E-state index is -4.52. The van der Waals surface area contributed by atoms with E-state index in [1.807, 2.05) is 0 Å². The van der Waals surface area contributed by atoms with Gasteiger partial charge in [-0.2, -0.15) is 13.2 Å². The number of amides is 2. The lowest BCUT2D eigenvalue weighted by Crippen LogP contribution is -2.50. The van der Waals surface area contributed by atoms with Crippen LogP contribution in [-0.4, -0.2) is 39.5 Å². The highest BCUT2D eigenvalue weighted by Crippen LogP contribution is 2.39. The van der Waals surface area contributed by atoms with E-state index in [-0.39, 0.29) is 17.3 Å². The maximum atomic E-state index is 13.4. The number of anilines is 3. The number of carbonyl (C=O) groups excluding carboxylic acids is 2. The highest BCUT2D eigenvalue weighted by molar-refractivity contribution is 6.03. The molecule has 9 nitrogen and oxygen atoms in total. The van der Waals surface area contributed by atoms with E-state index in [4.69, 9.17) is 4.74 Å². The van der Waals surface area contributed by atoms with Crippen LogP contribution in [0.15, 0.2) is 55.2 Å².